The highest BCUT2D eigenvalue weighted by molar-refractivity contribution is 9.10. The van der Waals surface area contributed by atoms with Crippen LogP contribution in [-0.4, -0.2) is 22.4 Å². The van der Waals surface area contributed by atoms with Crippen LogP contribution in [0, 0.1) is 0 Å². The number of hydrogen-bond acceptors (Lipinski definition) is 2. The van der Waals surface area contributed by atoms with E-state index in [4.69, 9.17) is 0 Å². The third-order valence-electron chi connectivity index (χ3n) is 3.24. The van der Waals surface area contributed by atoms with Crippen LogP contribution in [-0.2, 0) is 6.42 Å². The minimum Gasteiger partial charge on any atom is -0.314 e. The molecule has 0 aliphatic carbocycles. The Morgan fingerprint density at radius 3 is 2.67 bits per heavy atom. The molecule has 4 heteroatoms. The summed E-state index contributed by atoms with van der Waals surface area (Å²) in [4.78, 5) is 0. The second-order valence-electron chi connectivity index (χ2n) is 5.08. The Hall–Kier alpha value is -0.350. The van der Waals surface area contributed by atoms with E-state index in [-0.39, 0.29) is 0 Å². The van der Waals surface area contributed by atoms with Gasteiger partial charge in [-0.05, 0) is 62.0 Å². The number of hydrogen-bond donors (Lipinski definition) is 1. The summed E-state index contributed by atoms with van der Waals surface area (Å²) < 4.78 is 3.26. The highest BCUT2D eigenvalue weighted by atomic mass is 79.9. The van der Waals surface area contributed by atoms with Gasteiger partial charge in [-0.15, -0.1) is 0 Å². The molecule has 1 N–H and O–H groups in total. The fourth-order valence-corrected chi connectivity index (χ4v) is 2.63. The van der Waals surface area contributed by atoms with Crippen molar-refractivity contribution in [3.05, 3.63) is 16.4 Å². The standard InChI is InChI=1S/C14H26BrN3/c1-5-9-16-12(6-2)7-8-14-13(15)10-17-18(14)11(3)4/h10-12,16H,5-9H2,1-4H3. The van der Waals surface area contributed by atoms with Crippen molar-refractivity contribution in [1.82, 2.24) is 15.1 Å². The van der Waals surface area contributed by atoms with Crippen molar-refractivity contribution in [2.75, 3.05) is 6.54 Å². The van der Waals surface area contributed by atoms with E-state index in [1.165, 1.54) is 25.0 Å². The third kappa shape index (κ3) is 4.39. The summed E-state index contributed by atoms with van der Waals surface area (Å²) >= 11 is 3.61. The van der Waals surface area contributed by atoms with E-state index >= 15 is 0 Å². The Bertz CT molecular complexity index is 347. The van der Waals surface area contributed by atoms with Crippen LogP contribution in [0.3, 0.4) is 0 Å². The van der Waals surface area contributed by atoms with Crippen molar-refractivity contribution in [3.63, 3.8) is 0 Å². The van der Waals surface area contributed by atoms with Crippen LogP contribution < -0.4 is 5.32 Å². The van der Waals surface area contributed by atoms with Gasteiger partial charge in [-0.2, -0.15) is 5.10 Å². The van der Waals surface area contributed by atoms with Gasteiger partial charge in [-0.1, -0.05) is 13.8 Å². The van der Waals surface area contributed by atoms with Gasteiger partial charge in [0.1, 0.15) is 0 Å². The van der Waals surface area contributed by atoms with E-state index in [1.54, 1.807) is 0 Å². The lowest BCUT2D eigenvalue weighted by atomic mass is 10.1. The maximum Gasteiger partial charge on any atom is 0.0635 e. The molecular formula is C14H26BrN3. The molecule has 0 spiro atoms. The zero-order valence-corrected chi connectivity index (χ0v) is 13.6. The van der Waals surface area contributed by atoms with E-state index < -0.39 is 0 Å². The SMILES string of the molecule is CCCNC(CC)CCc1c(Br)cnn1C(C)C. The van der Waals surface area contributed by atoms with Gasteiger partial charge in [-0.25, -0.2) is 0 Å². The predicted octanol–water partition coefficient (Wildman–Crippen LogP) is 3.94. The van der Waals surface area contributed by atoms with Crippen LogP contribution in [0.15, 0.2) is 10.7 Å². The highest BCUT2D eigenvalue weighted by Gasteiger charge is 2.13. The second-order valence-corrected chi connectivity index (χ2v) is 5.93. The third-order valence-corrected chi connectivity index (χ3v) is 3.90. The highest BCUT2D eigenvalue weighted by Crippen LogP contribution is 2.21. The molecule has 0 bridgehead atoms. The topological polar surface area (TPSA) is 29.9 Å². The zero-order valence-electron chi connectivity index (χ0n) is 12.0. The van der Waals surface area contributed by atoms with Crippen LogP contribution in [0.1, 0.15) is 58.7 Å². The lowest BCUT2D eigenvalue weighted by Gasteiger charge is -2.18. The molecule has 1 aromatic heterocycles. The van der Waals surface area contributed by atoms with Crippen LogP contribution in [0.5, 0.6) is 0 Å². The van der Waals surface area contributed by atoms with Gasteiger partial charge in [0, 0.05) is 12.1 Å². The lowest BCUT2D eigenvalue weighted by molar-refractivity contribution is 0.448. The fourth-order valence-electron chi connectivity index (χ4n) is 2.16. The average Bonchev–Trinajstić information content (AvgIpc) is 2.71. The van der Waals surface area contributed by atoms with Crippen LogP contribution in [0.2, 0.25) is 0 Å². The molecule has 1 rings (SSSR count). The van der Waals surface area contributed by atoms with Gasteiger partial charge >= 0.3 is 0 Å². The molecular weight excluding hydrogens is 290 g/mol. The summed E-state index contributed by atoms with van der Waals surface area (Å²) in [5, 5.41) is 8.04. The summed E-state index contributed by atoms with van der Waals surface area (Å²) in [6.07, 6.45) is 6.55. The van der Waals surface area contributed by atoms with Crippen molar-refractivity contribution in [1.29, 1.82) is 0 Å². The summed E-state index contributed by atoms with van der Waals surface area (Å²) in [5.41, 5.74) is 1.32. The minimum absolute atomic E-state index is 0.426. The Morgan fingerprint density at radius 1 is 1.39 bits per heavy atom. The number of nitrogens with zero attached hydrogens (tertiary/aromatic N) is 2. The van der Waals surface area contributed by atoms with Gasteiger partial charge < -0.3 is 5.32 Å². The van der Waals surface area contributed by atoms with Crippen molar-refractivity contribution in [2.24, 2.45) is 0 Å². The molecule has 0 saturated carbocycles. The molecule has 1 unspecified atom stereocenters. The summed E-state index contributed by atoms with van der Waals surface area (Å²) in [6, 6.07) is 1.04. The van der Waals surface area contributed by atoms with Gasteiger partial charge in [0.2, 0.25) is 0 Å². The van der Waals surface area contributed by atoms with Crippen molar-refractivity contribution in [3.8, 4) is 0 Å². The van der Waals surface area contributed by atoms with Crippen LogP contribution >= 0.6 is 15.9 Å². The number of halogens is 1. The second kappa shape index (κ2) is 7.95. The molecule has 0 radical (unpaired) electrons. The molecule has 0 fully saturated rings. The normalized spacial score (nSPS) is 13.2. The van der Waals surface area contributed by atoms with Gasteiger partial charge in [0.05, 0.1) is 16.4 Å². The summed E-state index contributed by atoms with van der Waals surface area (Å²) in [5.74, 6) is 0. The Balaban J connectivity index is 2.58. The Morgan fingerprint density at radius 2 is 2.11 bits per heavy atom. The van der Waals surface area contributed by atoms with E-state index in [0.717, 1.165) is 17.4 Å². The smallest absolute Gasteiger partial charge is 0.0635 e. The van der Waals surface area contributed by atoms with E-state index in [1.807, 2.05) is 6.20 Å². The first-order valence-corrected chi connectivity index (χ1v) is 7.84. The molecule has 0 amide bonds. The minimum atomic E-state index is 0.426. The monoisotopic (exact) mass is 315 g/mol. The van der Waals surface area contributed by atoms with E-state index in [0.29, 0.717) is 12.1 Å². The molecule has 3 nitrogen and oxygen atoms in total. The Kier molecular flexibility index (Phi) is 6.94. The number of rotatable bonds is 8. The molecule has 0 aliphatic rings. The molecule has 1 heterocycles. The summed E-state index contributed by atoms with van der Waals surface area (Å²) in [6.45, 7) is 9.93. The first kappa shape index (κ1) is 15.7. The molecule has 1 atom stereocenters. The average molecular weight is 316 g/mol. The first-order chi connectivity index (χ1) is 8.60. The van der Waals surface area contributed by atoms with E-state index in [9.17, 15) is 0 Å². The predicted molar refractivity (Wildman–Crippen MR) is 81.0 cm³/mol. The molecule has 0 aromatic carbocycles. The maximum absolute atomic E-state index is 4.43. The number of aromatic nitrogens is 2. The van der Waals surface area contributed by atoms with Crippen molar-refractivity contribution in [2.45, 2.75) is 65.5 Å². The molecule has 104 valence electrons. The van der Waals surface area contributed by atoms with Gasteiger partial charge in [-0.3, -0.25) is 4.68 Å². The summed E-state index contributed by atoms with van der Waals surface area (Å²) in [7, 11) is 0. The lowest BCUT2D eigenvalue weighted by Crippen LogP contribution is -2.29. The van der Waals surface area contributed by atoms with Crippen LogP contribution in [0.4, 0.5) is 0 Å². The van der Waals surface area contributed by atoms with Crippen molar-refractivity contribution < 1.29 is 0 Å². The van der Waals surface area contributed by atoms with Crippen molar-refractivity contribution >= 4 is 15.9 Å². The largest absolute Gasteiger partial charge is 0.314 e. The maximum atomic E-state index is 4.43. The first-order valence-electron chi connectivity index (χ1n) is 7.05. The molecule has 1 aromatic rings. The number of nitrogens with one attached hydrogen (secondary N) is 1. The molecule has 0 aliphatic heterocycles. The Labute approximate surface area is 119 Å². The van der Waals surface area contributed by atoms with Gasteiger partial charge in [0.15, 0.2) is 0 Å². The fraction of sp³-hybridized carbons (Fsp3) is 0.786. The zero-order chi connectivity index (χ0) is 13.5. The van der Waals surface area contributed by atoms with Gasteiger partial charge in [0.25, 0.3) is 0 Å². The molecule has 0 saturated heterocycles. The quantitative estimate of drug-likeness (QED) is 0.787. The molecule has 18 heavy (non-hydrogen) atoms. The van der Waals surface area contributed by atoms with Crippen LogP contribution in [0.25, 0.3) is 0 Å². The van der Waals surface area contributed by atoms with E-state index in [2.05, 4.69) is 58.7 Å².